The van der Waals surface area contributed by atoms with Crippen molar-refractivity contribution in [3.8, 4) is 0 Å². The van der Waals surface area contributed by atoms with Crippen molar-refractivity contribution in [2.24, 2.45) is 0 Å². The maximum atomic E-state index is 13.1. The minimum Gasteiger partial charge on any atom is -0.378 e. The van der Waals surface area contributed by atoms with E-state index >= 15 is 0 Å². The maximum Gasteiger partial charge on any atom is 0.193 e. The number of rotatable bonds is 5. The van der Waals surface area contributed by atoms with Crippen LogP contribution in [0.2, 0.25) is 0 Å². The van der Waals surface area contributed by atoms with Gasteiger partial charge in [-0.3, -0.25) is 9.59 Å². The van der Waals surface area contributed by atoms with Gasteiger partial charge in [0, 0.05) is 55.2 Å². The quantitative estimate of drug-likeness (QED) is 0.759. The van der Waals surface area contributed by atoms with Gasteiger partial charge in [-0.2, -0.15) is 0 Å². The lowest BCUT2D eigenvalue weighted by atomic mass is 9.95. The highest BCUT2D eigenvalue weighted by Crippen LogP contribution is 2.26. The second kappa shape index (κ2) is 7.73. The molecule has 2 aromatic rings. The summed E-state index contributed by atoms with van der Waals surface area (Å²) < 4.78 is 0. The molecule has 4 heteroatoms. The lowest BCUT2D eigenvalue weighted by Gasteiger charge is -2.29. The Balaban J connectivity index is 1.97. The van der Waals surface area contributed by atoms with Crippen LogP contribution < -0.4 is 9.80 Å². The first kappa shape index (κ1) is 18.2. The molecule has 0 bridgehead atoms. The minimum atomic E-state index is -0.0978. The van der Waals surface area contributed by atoms with Crippen molar-refractivity contribution < 1.29 is 9.59 Å². The van der Waals surface area contributed by atoms with E-state index in [9.17, 15) is 9.59 Å². The number of ketones is 2. The molecule has 26 heavy (non-hydrogen) atoms. The van der Waals surface area contributed by atoms with Crippen LogP contribution in [0.4, 0.5) is 11.4 Å². The number of carbonyl (C=O) groups excluding carboxylic acids is 2. The third-order valence-electron chi connectivity index (χ3n) is 4.99. The average Bonchev–Trinajstić information content (AvgIpc) is 2.67. The van der Waals surface area contributed by atoms with Crippen molar-refractivity contribution in [3.05, 3.63) is 59.2 Å². The van der Waals surface area contributed by atoms with Crippen LogP contribution in [0.15, 0.2) is 42.5 Å². The highest BCUT2D eigenvalue weighted by molar-refractivity contribution is 6.15. The van der Waals surface area contributed by atoms with Crippen LogP contribution in [0, 0.1) is 0 Å². The van der Waals surface area contributed by atoms with Gasteiger partial charge < -0.3 is 9.80 Å². The number of anilines is 2. The van der Waals surface area contributed by atoms with Gasteiger partial charge in [0.05, 0.1) is 0 Å². The smallest absolute Gasteiger partial charge is 0.193 e. The molecule has 136 valence electrons. The monoisotopic (exact) mass is 350 g/mol. The lowest BCUT2D eigenvalue weighted by molar-refractivity contribution is 0.0990. The van der Waals surface area contributed by atoms with Crippen LogP contribution in [0.25, 0.3) is 0 Å². The molecule has 0 radical (unpaired) electrons. The fourth-order valence-electron chi connectivity index (χ4n) is 3.44. The summed E-state index contributed by atoms with van der Waals surface area (Å²) in [5, 5.41) is 0. The molecule has 0 saturated carbocycles. The number of Topliss-reactive ketones (excluding diaryl/α,β-unsaturated/α-hetero) is 1. The maximum absolute atomic E-state index is 13.1. The van der Waals surface area contributed by atoms with E-state index < -0.39 is 0 Å². The Bertz CT molecular complexity index is 803. The van der Waals surface area contributed by atoms with E-state index in [1.54, 1.807) is 6.07 Å². The zero-order valence-corrected chi connectivity index (χ0v) is 15.8. The molecule has 0 aromatic heterocycles. The molecular weight excluding hydrogens is 324 g/mol. The molecule has 1 fully saturated rings. The zero-order valence-electron chi connectivity index (χ0n) is 15.8. The van der Waals surface area contributed by atoms with Crippen LogP contribution >= 0.6 is 0 Å². The number of hydrogen-bond donors (Lipinski definition) is 0. The summed E-state index contributed by atoms with van der Waals surface area (Å²) in [7, 11) is 3.93. The largest absolute Gasteiger partial charge is 0.378 e. The van der Waals surface area contributed by atoms with Crippen LogP contribution in [-0.4, -0.2) is 38.8 Å². The highest BCUT2D eigenvalue weighted by atomic mass is 16.1. The van der Waals surface area contributed by atoms with E-state index in [-0.39, 0.29) is 11.6 Å². The Morgan fingerprint density at radius 3 is 2.12 bits per heavy atom. The van der Waals surface area contributed by atoms with Crippen molar-refractivity contribution in [2.45, 2.75) is 26.2 Å². The standard InChI is InChI=1S/C22H26N2O2/c1-16(25)20-12-11-19(24-13-5-4-6-14-24)15-21(20)22(26)17-7-9-18(10-8-17)23(2)3/h7-12,15H,4-6,13-14H2,1-3H3. The van der Waals surface area contributed by atoms with Gasteiger partial charge in [-0.15, -0.1) is 0 Å². The van der Waals surface area contributed by atoms with E-state index in [2.05, 4.69) is 4.90 Å². The third kappa shape index (κ3) is 3.79. The summed E-state index contributed by atoms with van der Waals surface area (Å²) in [6.45, 7) is 3.52. The van der Waals surface area contributed by atoms with E-state index in [1.165, 1.54) is 26.2 Å². The van der Waals surface area contributed by atoms with Crippen molar-refractivity contribution >= 4 is 22.9 Å². The summed E-state index contributed by atoms with van der Waals surface area (Å²) in [6.07, 6.45) is 3.60. The first-order valence-electron chi connectivity index (χ1n) is 9.19. The molecule has 1 saturated heterocycles. The van der Waals surface area contributed by atoms with Gasteiger partial charge in [-0.1, -0.05) is 0 Å². The molecular formula is C22H26N2O2. The molecule has 0 spiro atoms. The van der Waals surface area contributed by atoms with Gasteiger partial charge >= 0.3 is 0 Å². The zero-order chi connectivity index (χ0) is 18.7. The van der Waals surface area contributed by atoms with Gasteiger partial charge in [-0.05, 0) is 68.7 Å². The molecule has 3 rings (SSSR count). The summed E-state index contributed by atoms with van der Waals surface area (Å²) in [6, 6.07) is 13.2. The van der Waals surface area contributed by atoms with Crippen LogP contribution in [0.3, 0.4) is 0 Å². The first-order chi connectivity index (χ1) is 12.5. The SMILES string of the molecule is CC(=O)c1ccc(N2CCCCC2)cc1C(=O)c1ccc(N(C)C)cc1. The molecule has 1 aliphatic rings. The molecule has 4 nitrogen and oxygen atoms in total. The minimum absolute atomic E-state index is 0.0801. The van der Waals surface area contributed by atoms with Gasteiger partial charge in [0.15, 0.2) is 11.6 Å². The predicted molar refractivity (Wildman–Crippen MR) is 107 cm³/mol. The molecule has 0 aliphatic carbocycles. The van der Waals surface area contributed by atoms with Gasteiger partial charge in [0.1, 0.15) is 0 Å². The summed E-state index contributed by atoms with van der Waals surface area (Å²) >= 11 is 0. The van der Waals surface area contributed by atoms with Crippen molar-refractivity contribution in [3.63, 3.8) is 0 Å². The van der Waals surface area contributed by atoms with Crippen LogP contribution in [-0.2, 0) is 0 Å². The number of piperidine rings is 1. The molecule has 0 atom stereocenters. The third-order valence-corrected chi connectivity index (χ3v) is 4.99. The lowest BCUT2D eigenvalue weighted by Crippen LogP contribution is -2.29. The fourth-order valence-corrected chi connectivity index (χ4v) is 3.44. The molecule has 0 unspecified atom stereocenters. The van der Waals surface area contributed by atoms with Gasteiger partial charge in [0.25, 0.3) is 0 Å². The van der Waals surface area contributed by atoms with Gasteiger partial charge in [-0.25, -0.2) is 0 Å². The molecule has 1 aliphatic heterocycles. The number of carbonyl (C=O) groups is 2. The topological polar surface area (TPSA) is 40.6 Å². The molecule has 0 N–H and O–H groups in total. The Morgan fingerprint density at radius 1 is 0.885 bits per heavy atom. The number of nitrogens with zero attached hydrogens (tertiary/aromatic N) is 2. The van der Waals surface area contributed by atoms with Crippen LogP contribution in [0.5, 0.6) is 0 Å². The average molecular weight is 350 g/mol. The summed E-state index contributed by atoms with van der Waals surface area (Å²) in [5.41, 5.74) is 3.66. The van der Waals surface area contributed by atoms with Gasteiger partial charge in [0.2, 0.25) is 0 Å². The Labute approximate surface area is 155 Å². The Kier molecular flexibility index (Phi) is 5.40. The Morgan fingerprint density at radius 2 is 1.54 bits per heavy atom. The van der Waals surface area contributed by atoms with E-state index in [4.69, 9.17) is 0 Å². The fraction of sp³-hybridized carbons (Fsp3) is 0.364. The van der Waals surface area contributed by atoms with Crippen molar-refractivity contribution in [2.75, 3.05) is 37.0 Å². The van der Waals surface area contributed by atoms with E-state index in [0.717, 1.165) is 24.5 Å². The van der Waals surface area contributed by atoms with E-state index in [1.807, 2.05) is 55.4 Å². The number of benzene rings is 2. The van der Waals surface area contributed by atoms with E-state index in [0.29, 0.717) is 16.7 Å². The van der Waals surface area contributed by atoms with Crippen LogP contribution in [0.1, 0.15) is 52.5 Å². The van der Waals surface area contributed by atoms with Crippen molar-refractivity contribution in [1.82, 2.24) is 0 Å². The first-order valence-corrected chi connectivity index (χ1v) is 9.19. The second-order valence-corrected chi connectivity index (χ2v) is 7.10. The summed E-state index contributed by atoms with van der Waals surface area (Å²) in [5.74, 6) is -0.178. The molecule has 2 aromatic carbocycles. The second-order valence-electron chi connectivity index (χ2n) is 7.10. The highest BCUT2D eigenvalue weighted by Gasteiger charge is 2.19. The number of hydrogen-bond acceptors (Lipinski definition) is 4. The normalized spacial score (nSPS) is 14.2. The predicted octanol–water partition coefficient (Wildman–Crippen LogP) is 4.18. The van der Waals surface area contributed by atoms with Crippen molar-refractivity contribution in [1.29, 1.82) is 0 Å². The Hall–Kier alpha value is -2.62. The summed E-state index contributed by atoms with van der Waals surface area (Å²) in [4.78, 5) is 29.5. The molecule has 0 amide bonds. The molecule has 1 heterocycles.